The summed E-state index contributed by atoms with van der Waals surface area (Å²) in [7, 11) is 0. The van der Waals surface area contributed by atoms with Gasteiger partial charge < -0.3 is 49.5 Å². The Labute approximate surface area is 370 Å². The highest BCUT2D eigenvalue weighted by Gasteiger charge is 2.33. The average molecular weight is 868 g/mol. The van der Waals surface area contributed by atoms with Crippen molar-refractivity contribution in [2.75, 3.05) is 58.5 Å². The van der Waals surface area contributed by atoms with E-state index >= 15 is 0 Å². The second-order valence-corrected chi connectivity index (χ2v) is 18.4. The Bertz CT molecular complexity index is 2070. The maximum atomic E-state index is 12.5. The van der Waals surface area contributed by atoms with Crippen LogP contribution in [0.5, 0.6) is 0 Å². The van der Waals surface area contributed by atoms with E-state index in [0.717, 1.165) is 119 Å². The summed E-state index contributed by atoms with van der Waals surface area (Å²) >= 11 is 0. The van der Waals surface area contributed by atoms with Crippen LogP contribution in [0.15, 0.2) is 42.9 Å². The van der Waals surface area contributed by atoms with E-state index in [2.05, 4.69) is 64.8 Å². The minimum atomic E-state index is -0.157. The predicted octanol–water partition coefficient (Wildman–Crippen LogP) is 5.17. The topological polar surface area (TPSA) is 301 Å². The van der Waals surface area contributed by atoms with Crippen LogP contribution in [0, 0.1) is 35.5 Å². The maximum Gasteiger partial charge on any atom is 0.228 e. The second kappa shape index (κ2) is 22.2. The molecule has 0 radical (unpaired) electrons. The zero-order valence-corrected chi connectivity index (χ0v) is 37.0. The van der Waals surface area contributed by atoms with Gasteiger partial charge in [-0.1, -0.05) is 0 Å². The Morgan fingerprint density at radius 3 is 1.86 bits per heavy atom. The Kier molecular flexibility index (Phi) is 16.6. The molecule has 8 rings (SSSR count). The fraction of sp³-hybridized carbons (Fsp3) is 0.600. The van der Waals surface area contributed by atoms with Crippen molar-refractivity contribution < 1.29 is 14.4 Å². The lowest BCUT2D eigenvalue weighted by molar-refractivity contribution is -0.121. The number of aromatic nitrogens is 6. The number of H-pyrrole nitrogens is 1. The number of nitrogen functional groups attached to an aromatic ring is 2. The SMILES string of the molecule is CC(C)(N)C1CCC(C(=O)Nc2ccnc3[nH]ncc23)CC1.NCC1CCC(C(=O)Nc2cc(N)nc(N)n2)CC1.NCC1CCC(C(=O)Nc2ccnc(N3CCCC3)c2)CC1. The number of pyridine rings is 2. The van der Waals surface area contributed by atoms with E-state index in [1.165, 1.54) is 18.9 Å². The van der Waals surface area contributed by atoms with E-state index in [1.54, 1.807) is 18.6 Å². The molecule has 0 unspecified atom stereocenters. The number of amides is 3. The molecule has 1 aliphatic heterocycles. The zero-order chi connectivity index (χ0) is 44.9. The van der Waals surface area contributed by atoms with Crippen molar-refractivity contribution in [1.29, 1.82) is 0 Å². The molecule has 14 N–H and O–H groups in total. The second-order valence-electron chi connectivity index (χ2n) is 18.4. The zero-order valence-electron chi connectivity index (χ0n) is 37.0. The first-order valence-corrected chi connectivity index (χ1v) is 22.8. The number of hydrogen-bond donors (Lipinski definition) is 9. The molecule has 18 nitrogen and oxygen atoms in total. The van der Waals surface area contributed by atoms with Gasteiger partial charge in [-0.05, 0) is 147 Å². The monoisotopic (exact) mass is 868 g/mol. The van der Waals surface area contributed by atoms with Crippen LogP contribution in [0.2, 0.25) is 0 Å². The normalized spacial score (nSPS) is 23.7. The Balaban J connectivity index is 0.000000158. The average Bonchev–Trinajstić information content (AvgIpc) is 4.01. The van der Waals surface area contributed by atoms with E-state index < -0.39 is 0 Å². The van der Waals surface area contributed by atoms with Gasteiger partial charge in [-0.25, -0.2) is 9.97 Å². The van der Waals surface area contributed by atoms with Crippen molar-refractivity contribution in [2.45, 2.75) is 109 Å². The van der Waals surface area contributed by atoms with E-state index in [9.17, 15) is 14.4 Å². The smallest absolute Gasteiger partial charge is 0.228 e. The van der Waals surface area contributed by atoms with Crippen LogP contribution < -0.4 is 49.5 Å². The van der Waals surface area contributed by atoms with Gasteiger partial charge in [-0.2, -0.15) is 15.1 Å². The van der Waals surface area contributed by atoms with Gasteiger partial charge in [0.2, 0.25) is 23.7 Å². The third-order valence-corrected chi connectivity index (χ3v) is 13.3. The fourth-order valence-corrected chi connectivity index (χ4v) is 9.25. The number of carbonyl (C=O) groups excluding carboxylic acids is 3. The first-order chi connectivity index (χ1) is 30.3. The van der Waals surface area contributed by atoms with Crippen LogP contribution in [0.3, 0.4) is 0 Å². The molecule has 63 heavy (non-hydrogen) atoms. The van der Waals surface area contributed by atoms with Gasteiger partial charge >= 0.3 is 0 Å². The summed E-state index contributed by atoms with van der Waals surface area (Å²) in [6.45, 7) is 7.72. The summed E-state index contributed by atoms with van der Waals surface area (Å²) < 4.78 is 0. The van der Waals surface area contributed by atoms with Crippen LogP contribution in [0.1, 0.15) is 104 Å². The van der Waals surface area contributed by atoms with E-state index in [1.807, 2.05) is 18.2 Å². The molecule has 4 fully saturated rings. The Hall–Kier alpha value is -5.46. The highest BCUT2D eigenvalue weighted by atomic mass is 16.2. The van der Waals surface area contributed by atoms with Crippen molar-refractivity contribution in [3.8, 4) is 0 Å². The predicted molar refractivity (Wildman–Crippen MR) is 249 cm³/mol. The Morgan fingerprint density at radius 1 is 0.730 bits per heavy atom. The molecule has 4 aromatic heterocycles. The summed E-state index contributed by atoms with van der Waals surface area (Å²) in [5.41, 5.74) is 30.7. The number of nitrogens with one attached hydrogen (secondary N) is 4. The molecule has 3 saturated carbocycles. The first kappa shape index (κ1) is 47.0. The molecular weight excluding hydrogens is 799 g/mol. The number of carbonyl (C=O) groups is 3. The summed E-state index contributed by atoms with van der Waals surface area (Å²) in [5, 5.41) is 16.5. The summed E-state index contributed by atoms with van der Waals surface area (Å²) in [6.07, 6.45) is 19.2. The van der Waals surface area contributed by atoms with Crippen LogP contribution in [0.4, 0.5) is 34.8 Å². The van der Waals surface area contributed by atoms with E-state index in [-0.39, 0.29) is 52.8 Å². The molecule has 0 aromatic carbocycles. The van der Waals surface area contributed by atoms with Crippen molar-refractivity contribution in [2.24, 2.45) is 52.7 Å². The number of fused-ring (bicyclic) bond motifs is 1. The molecule has 342 valence electrons. The molecule has 5 heterocycles. The van der Waals surface area contributed by atoms with E-state index in [4.69, 9.17) is 28.7 Å². The number of nitrogens with zero attached hydrogens (tertiary/aromatic N) is 6. The maximum absolute atomic E-state index is 12.5. The van der Waals surface area contributed by atoms with E-state index in [0.29, 0.717) is 35.8 Å². The molecule has 0 bridgehead atoms. The largest absolute Gasteiger partial charge is 0.383 e. The number of aromatic amines is 1. The lowest BCUT2D eigenvalue weighted by atomic mass is 9.73. The van der Waals surface area contributed by atoms with Gasteiger partial charge in [-0.15, -0.1) is 0 Å². The molecule has 4 aliphatic rings. The summed E-state index contributed by atoms with van der Waals surface area (Å²) in [6, 6.07) is 7.18. The van der Waals surface area contributed by atoms with Crippen molar-refractivity contribution in [3.63, 3.8) is 0 Å². The lowest BCUT2D eigenvalue weighted by Gasteiger charge is -2.36. The van der Waals surface area contributed by atoms with Gasteiger partial charge in [0.05, 0.1) is 17.3 Å². The third kappa shape index (κ3) is 13.5. The standard InChI is InChI=1S/C17H26N4O.C16H23N5O.C12H20N6O/c18-12-13-3-5-14(6-4-13)17(22)20-15-7-8-19-16(11-15)21-9-1-2-10-21;1-16(2,17)11-5-3-10(4-6-11)15(22)20-13-7-8-18-14-12(13)9-19-21-14;13-6-7-1-3-8(4-2-7)11(19)17-10-5-9(14)16-12(15)18-10/h7-8,11,13-14H,1-6,9-10,12,18H2,(H,19,20,22);7-11H,3-6,17H2,1-2H3,(H2,18,19,20,21,22);5,7-8H,1-4,6,13H2,(H5,14,15,16,17,18,19). The van der Waals surface area contributed by atoms with Crippen molar-refractivity contribution in [3.05, 3.63) is 42.9 Å². The minimum Gasteiger partial charge on any atom is -0.383 e. The van der Waals surface area contributed by atoms with Crippen LogP contribution in [0.25, 0.3) is 11.0 Å². The molecule has 3 amide bonds. The highest BCUT2D eigenvalue weighted by Crippen LogP contribution is 2.35. The summed E-state index contributed by atoms with van der Waals surface area (Å²) in [4.78, 5) is 55.6. The fourth-order valence-electron chi connectivity index (χ4n) is 9.25. The van der Waals surface area contributed by atoms with Crippen molar-refractivity contribution in [1.82, 2.24) is 30.1 Å². The summed E-state index contributed by atoms with van der Waals surface area (Å²) in [5.74, 6) is 3.69. The number of hydrogen-bond acceptors (Lipinski definition) is 14. The molecule has 0 atom stereocenters. The molecule has 0 spiro atoms. The van der Waals surface area contributed by atoms with Crippen molar-refractivity contribution >= 4 is 63.5 Å². The van der Waals surface area contributed by atoms with Crippen LogP contribution in [-0.2, 0) is 14.4 Å². The lowest BCUT2D eigenvalue weighted by Crippen LogP contribution is -2.43. The molecule has 1 saturated heterocycles. The molecule has 4 aromatic rings. The molecule has 3 aliphatic carbocycles. The third-order valence-electron chi connectivity index (χ3n) is 13.3. The first-order valence-electron chi connectivity index (χ1n) is 22.8. The highest BCUT2D eigenvalue weighted by molar-refractivity contribution is 6.00. The van der Waals surface area contributed by atoms with Gasteiger partial charge in [0.25, 0.3) is 0 Å². The number of nitrogens with two attached hydrogens (primary N) is 5. The molecular formula is C45H69N15O3. The van der Waals surface area contributed by atoms with Crippen LogP contribution in [-0.4, -0.2) is 79.6 Å². The van der Waals surface area contributed by atoms with Gasteiger partial charge in [0.1, 0.15) is 17.5 Å². The quantitative estimate of drug-likeness (QED) is 0.0994. The number of anilines is 6. The Morgan fingerprint density at radius 2 is 1.29 bits per heavy atom. The minimum absolute atomic E-state index is 0.0141. The van der Waals surface area contributed by atoms with Crippen LogP contribution >= 0.6 is 0 Å². The number of rotatable bonds is 10. The van der Waals surface area contributed by atoms with Gasteiger partial charge in [0, 0.05) is 66.6 Å². The van der Waals surface area contributed by atoms with Gasteiger partial charge in [-0.3, -0.25) is 19.5 Å². The molecule has 18 heteroatoms. The van der Waals surface area contributed by atoms with Gasteiger partial charge in [0.15, 0.2) is 5.65 Å².